The van der Waals surface area contributed by atoms with E-state index in [-0.39, 0.29) is 37.4 Å². The molecule has 27 heavy (non-hydrogen) atoms. The number of anilines is 1. The normalized spacial score (nSPS) is 17.9. The zero-order valence-corrected chi connectivity index (χ0v) is 16.6. The fourth-order valence-electron chi connectivity index (χ4n) is 2.72. The number of hydrogen-bond donors (Lipinski definition) is 1. The van der Waals surface area contributed by atoms with Crippen molar-refractivity contribution in [3.05, 3.63) is 17.6 Å². The minimum absolute atomic E-state index is 0.178. The minimum atomic E-state index is -5.27. The summed E-state index contributed by atoms with van der Waals surface area (Å²) >= 11 is 0. The summed E-state index contributed by atoms with van der Waals surface area (Å²) in [6, 6.07) is 1.56. The molecule has 1 aromatic rings. The molecule has 0 radical (unpaired) electrons. The summed E-state index contributed by atoms with van der Waals surface area (Å²) in [6.07, 6.45) is 0.507. The number of sulfonamides is 1. The number of methoxy groups -OCH3 is 1. The standard InChI is InChI=1S/C16H25F3N4O3S/c1-15(2,3)14-21-12(10-26-4)9-13(22-14)20-11-5-7-23(8-6-11)27(24,25)16(17,18)19/h9,11H,5-8,10H2,1-4H3,(H,20,21,22). The maximum absolute atomic E-state index is 12.7. The number of halogens is 3. The van der Waals surface area contributed by atoms with Gasteiger partial charge in [-0.2, -0.15) is 17.5 Å². The average molecular weight is 410 g/mol. The number of nitrogens with one attached hydrogen (secondary N) is 1. The Morgan fingerprint density at radius 2 is 1.81 bits per heavy atom. The molecule has 0 aromatic carbocycles. The lowest BCUT2D eigenvalue weighted by molar-refractivity contribution is -0.0494. The second kappa shape index (κ2) is 7.88. The van der Waals surface area contributed by atoms with Crippen LogP contribution >= 0.6 is 0 Å². The van der Waals surface area contributed by atoms with Crippen LogP contribution in [0.25, 0.3) is 0 Å². The third-order valence-electron chi connectivity index (χ3n) is 4.18. The summed E-state index contributed by atoms with van der Waals surface area (Å²) in [6.45, 7) is 5.85. The van der Waals surface area contributed by atoms with Gasteiger partial charge in [-0.1, -0.05) is 20.8 Å². The molecule has 0 bridgehead atoms. The first-order valence-corrected chi connectivity index (χ1v) is 9.99. The highest BCUT2D eigenvalue weighted by atomic mass is 32.2. The monoisotopic (exact) mass is 410 g/mol. The Kier molecular flexibility index (Phi) is 6.37. The summed E-state index contributed by atoms with van der Waals surface area (Å²) in [7, 11) is -3.71. The third kappa shape index (κ3) is 5.29. The van der Waals surface area contributed by atoms with E-state index in [0.717, 1.165) is 0 Å². The Bertz CT molecular complexity index is 755. The van der Waals surface area contributed by atoms with Gasteiger partial charge in [0.15, 0.2) is 0 Å². The summed E-state index contributed by atoms with van der Waals surface area (Å²) in [4.78, 5) is 8.97. The van der Waals surface area contributed by atoms with Gasteiger partial charge in [-0.05, 0) is 12.8 Å². The van der Waals surface area contributed by atoms with Gasteiger partial charge in [-0.3, -0.25) is 0 Å². The van der Waals surface area contributed by atoms with Gasteiger partial charge in [0, 0.05) is 37.7 Å². The highest BCUT2D eigenvalue weighted by Crippen LogP contribution is 2.29. The summed E-state index contributed by atoms with van der Waals surface area (Å²) in [5.74, 6) is 1.18. The SMILES string of the molecule is COCc1cc(NC2CCN(S(=O)(=O)C(F)(F)F)CC2)nc(C(C)(C)C)n1. The molecule has 1 aliphatic heterocycles. The van der Waals surface area contributed by atoms with E-state index in [1.807, 2.05) is 20.8 Å². The van der Waals surface area contributed by atoms with Crippen molar-refractivity contribution in [3.63, 3.8) is 0 Å². The van der Waals surface area contributed by atoms with Gasteiger partial charge in [0.2, 0.25) is 0 Å². The number of aromatic nitrogens is 2. The van der Waals surface area contributed by atoms with Crippen LogP contribution in [0.15, 0.2) is 6.07 Å². The number of piperidine rings is 1. The number of alkyl halides is 3. The summed E-state index contributed by atoms with van der Waals surface area (Å²) < 4.78 is 66.6. The van der Waals surface area contributed by atoms with Crippen LogP contribution in [0.1, 0.15) is 45.1 Å². The predicted molar refractivity (Wildman–Crippen MR) is 94.6 cm³/mol. The first-order chi connectivity index (χ1) is 12.3. The number of ether oxygens (including phenoxy) is 1. The summed E-state index contributed by atoms with van der Waals surface area (Å²) in [5, 5.41) is 3.19. The Morgan fingerprint density at radius 1 is 1.22 bits per heavy atom. The number of nitrogens with zero attached hydrogens (tertiary/aromatic N) is 3. The molecule has 1 aliphatic rings. The maximum Gasteiger partial charge on any atom is 0.511 e. The quantitative estimate of drug-likeness (QED) is 0.803. The molecule has 0 aliphatic carbocycles. The largest absolute Gasteiger partial charge is 0.511 e. The van der Waals surface area contributed by atoms with Gasteiger partial charge in [0.25, 0.3) is 0 Å². The van der Waals surface area contributed by atoms with Crippen LogP contribution in [0.3, 0.4) is 0 Å². The summed E-state index contributed by atoms with van der Waals surface area (Å²) in [5.41, 5.74) is -4.86. The van der Waals surface area contributed by atoms with Crippen LogP contribution in [-0.4, -0.2) is 54.4 Å². The predicted octanol–water partition coefficient (Wildman–Crippen LogP) is 2.65. The molecule has 154 valence electrons. The van der Waals surface area contributed by atoms with Gasteiger partial charge in [0.1, 0.15) is 11.6 Å². The molecule has 2 heterocycles. The fraction of sp³-hybridized carbons (Fsp3) is 0.750. The van der Waals surface area contributed by atoms with E-state index in [0.29, 0.717) is 28.2 Å². The second-order valence-corrected chi connectivity index (χ2v) is 9.45. The second-order valence-electron chi connectivity index (χ2n) is 7.52. The lowest BCUT2D eigenvalue weighted by atomic mass is 9.95. The molecule has 0 spiro atoms. The topological polar surface area (TPSA) is 84.4 Å². The molecule has 1 N–H and O–H groups in total. The molecular formula is C16H25F3N4O3S. The van der Waals surface area contributed by atoms with E-state index < -0.39 is 15.5 Å². The minimum Gasteiger partial charge on any atom is -0.378 e. The van der Waals surface area contributed by atoms with Crippen LogP contribution in [0, 0.1) is 0 Å². The van der Waals surface area contributed by atoms with Gasteiger partial charge in [0.05, 0.1) is 12.3 Å². The van der Waals surface area contributed by atoms with Crippen molar-refractivity contribution >= 4 is 15.8 Å². The molecule has 0 atom stereocenters. The van der Waals surface area contributed by atoms with Gasteiger partial charge < -0.3 is 10.1 Å². The van der Waals surface area contributed by atoms with Crippen LogP contribution in [0.2, 0.25) is 0 Å². The zero-order valence-electron chi connectivity index (χ0n) is 15.8. The number of hydrogen-bond acceptors (Lipinski definition) is 6. The average Bonchev–Trinajstić information content (AvgIpc) is 2.53. The molecule has 1 aromatic heterocycles. The van der Waals surface area contributed by atoms with Gasteiger partial charge in [-0.25, -0.2) is 18.4 Å². The van der Waals surface area contributed by atoms with Gasteiger partial charge >= 0.3 is 15.5 Å². The van der Waals surface area contributed by atoms with Crippen molar-refractivity contribution in [1.29, 1.82) is 0 Å². The first-order valence-electron chi connectivity index (χ1n) is 8.55. The Labute approximate surface area is 157 Å². The van der Waals surface area contributed by atoms with Crippen molar-refractivity contribution in [2.24, 2.45) is 0 Å². The van der Waals surface area contributed by atoms with Crippen molar-refractivity contribution < 1.29 is 26.3 Å². The van der Waals surface area contributed by atoms with E-state index in [1.165, 1.54) is 0 Å². The van der Waals surface area contributed by atoms with E-state index in [2.05, 4.69) is 15.3 Å². The molecule has 0 saturated carbocycles. The molecule has 0 unspecified atom stereocenters. The van der Waals surface area contributed by atoms with E-state index in [9.17, 15) is 21.6 Å². The lowest BCUT2D eigenvalue weighted by Gasteiger charge is -2.32. The smallest absolute Gasteiger partial charge is 0.378 e. The first kappa shape index (κ1) is 21.8. The van der Waals surface area contributed by atoms with Crippen molar-refractivity contribution in [1.82, 2.24) is 14.3 Å². The Balaban J connectivity index is 2.10. The number of rotatable bonds is 5. The van der Waals surface area contributed by atoms with Gasteiger partial charge in [-0.15, -0.1) is 0 Å². The molecule has 11 heteroatoms. The van der Waals surface area contributed by atoms with E-state index in [4.69, 9.17) is 4.74 Å². The molecule has 1 saturated heterocycles. The molecule has 7 nitrogen and oxygen atoms in total. The third-order valence-corrected chi connectivity index (χ3v) is 5.81. The van der Waals surface area contributed by atoms with E-state index >= 15 is 0 Å². The maximum atomic E-state index is 12.7. The fourth-order valence-corrected chi connectivity index (χ4v) is 3.71. The Morgan fingerprint density at radius 3 is 2.30 bits per heavy atom. The van der Waals surface area contributed by atoms with Crippen molar-refractivity contribution in [2.45, 2.75) is 57.2 Å². The van der Waals surface area contributed by atoms with E-state index in [1.54, 1.807) is 13.2 Å². The molecule has 0 amide bonds. The lowest BCUT2D eigenvalue weighted by Crippen LogP contribution is -2.47. The van der Waals surface area contributed by atoms with Crippen molar-refractivity contribution in [2.75, 3.05) is 25.5 Å². The molecule has 1 fully saturated rings. The Hall–Kier alpha value is -1.46. The zero-order chi connectivity index (χ0) is 20.5. The molecule has 2 rings (SSSR count). The highest BCUT2D eigenvalue weighted by Gasteiger charge is 2.50. The van der Waals surface area contributed by atoms with Crippen LogP contribution in [0.5, 0.6) is 0 Å². The van der Waals surface area contributed by atoms with Crippen LogP contribution in [-0.2, 0) is 26.8 Å². The van der Waals surface area contributed by atoms with Crippen LogP contribution in [0.4, 0.5) is 19.0 Å². The highest BCUT2D eigenvalue weighted by molar-refractivity contribution is 7.90. The van der Waals surface area contributed by atoms with Crippen molar-refractivity contribution in [3.8, 4) is 0 Å². The van der Waals surface area contributed by atoms with Crippen LogP contribution < -0.4 is 5.32 Å². The molecular weight excluding hydrogens is 385 g/mol.